The molecule has 2 aromatic rings. The molecule has 3 aliphatic rings. The van der Waals surface area contributed by atoms with Crippen molar-refractivity contribution in [1.82, 2.24) is 4.72 Å². The fraction of sp³-hybridized carbons (Fsp3) is 0.649. The van der Waals surface area contributed by atoms with Crippen LogP contribution in [0.25, 0.3) is 0 Å². The van der Waals surface area contributed by atoms with Gasteiger partial charge in [0.1, 0.15) is 11.0 Å². The molecule has 2 aromatic carbocycles. The van der Waals surface area contributed by atoms with E-state index in [1.165, 1.54) is 18.2 Å². The second-order valence-corrected chi connectivity index (χ2v) is 16.7. The molecule has 6 atom stereocenters. The van der Waals surface area contributed by atoms with E-state index in [9.17, 15) is 13.2 Å². The summed E-state index contributed by atoms with van der Waals surface area (Å²) >= 11 is 6.48. The molecule has 1 aliphatic carbocycles. The van der Waals surface area contributed by atoms with E-state index >= 15 is 0 Å². The van der Waals surface area contributed by atoms with Gasteiger partial charge in [0.15, 0.2) is 0 Å². The molecule has 0 spiro atoms. The first-order valence-electron chi connectivity index (χ1n) is 17.4. The van der Waals surface area contributed by atoms with E-state index < -0.39 is 21.2 Å². The summed E-state index contributed by atoms with van der Waals surface area (Å²) in [5, 5.41) is -0.144. The van der Waals surface area contributed by atoms with Crippen molar-refractivity contribution in [2.24, 2.45) is 17.8 Å². The summed E-state index contributed by atoms with van der Waals surface area (Å²) in [5.41, 5.74) is 3.12. The maximum Gasteiger partial charge on any atom is 0.264 e. The summed E-state index contributed by atoms with van der Waals surface area (Å²) in [6.07, 6.45) is 6.11. The highest BCUT2D eigenvalue weighted by atomic mass is 35.5. The first kappa shape index (κ1) is 36.9. The molecule has 2 heterocycles. The van der Waals surface area contributed by atoms with Gasteiger partial charge in [0.2, 0.25) is 10.0 Å². The number of hydrogen-bond donors (Lipinski definition) is 1. The molecule has 9 nitrogen and oxygen atoms in total. The molecule has 1 amide bonds. The summed E-state index contributed by atoms with van der Waals surface area (Å²) < 4.78 is 53.3. The van der Waals surface area contributed by atoms with E-state index in [0.717, 1.165) is 55.8 Å². The Morgan fingerprint density at radius 2 is 1.88 bits per heavy atom. The average molecular weight is 705 g/mol. The van der Waals surface area contributed by atoms with Gasteiger partial charge < -0.3 is 23.8 Å². The number of hydrogen-bond acceptors (Lipinski definition) is 8. The molecule has 0 saturated heterocycles. The van der Waals surface area contributed by atoms with Gasteiger partial charge in [0.25, 0.3) is 5.91 Å². The number of carbonyl (C=O) groups is 1. The van der Waals surface area contributed by atoms with Crippen LogP contribution < -0.4 is 14.4 Å². The summed E-state index contributed by atoms with van der Waals surface area (Å²) in [5.74, 6) is 0.858. The quantitative estimate of drug-likeness (QED) is 0.299. The number of carbonyl (C=O) groups excluding carboxylic acids is 1. The number of nitrogens with zero attached hydrogens (tertiary/aromatic N) is 1. The van der Waals surface area contributed by atoms with Crippen molar-refractivity contribution in [3.63, 3.8) is 0 Å². The topological polar surface area (TPSA) is 103 Å². The average Bonchev–Trinajstić information content (AvgIpc) is 3.17. The minimum Gasteiger partial charge on any atom is -0.490 e. The van der Waals surface area contributed by atoms with Crippen LogP contribution >= 0.6 is 11.6 Å². The van der Waals surface area contributed by atoms with Crippen LogP contribution in [0.5, 0.6) is 5.75 Å². The van der Waals surface area contributed by atoms with E-state index in [0.29, 0.717) is 50.4 Å². The van der Waals surface area contributed by atoms with Gasteiger partial charge in [-0.2, -0.15) is 0 Å². The molecular weight excluding hydrogens is 652 g/mol. The molecule has 11 heteroatoms. The van der Waals surface area contributed by atoms with Crippen LogP contribution in [0.1, 0.15) is 80.8 Å². The van der Waals surface area contributed by atoms with E-state index in [1.807, 2.05) is 6.07 Å². The van der Waals surface area contributed by atoms with E-state index in [2.05, 4.69) is 42.5 Å². The lowest BCUT2D eigenvalue weighted by atomic mass is 9.68. The number of methoxy groups -OCH3 is 2. The predicted molar refractivity (Wildman–Crippen MR) is 190 cm³/mol. The number of halogens is 1. The Morgan fingerprint density at radius 1 is 1.06 bits per heavy atom. The minimum absolute atomic E-state index is 0.000521. The third-order valence-corrected chi connectivity index (χ3v) is 12.5. The second kappa shape index (κ2) is 16.1. The summed E-state index contributed by atoms with van der Waals surface area (Å²) in [7, 11) is -0.851. The molecule has 0 unspecified atom stereocenters. The molecule has 48 heavy (non-hydrogen) atoms. The first-order valence-corrected chi connectivity index (χ1v) is 19.4. The number of amides is 1. The zero-order valence-electron chi connectivity index (χ0n) is 29.1. The van der Waals surface area contributed by atoms with Gasteiger partial charge in [-0.3, -0.25) is 4.79 Å². The Hall–Kier alpha value is -2.37. The Labute approximate surface area is 292 Å². The van der Waals surface area contributed by atoms with E-state index in [4.69, 9.17) is 30.5 Å². The molecular formula is C37H53ClN2O7S. The number of fused-ring (bicyclic) bond motifs is 2. The van der Waals surface area contributed by atoms with E-state index in [1.54, 1.807) is 25.3 Å². The largest absolute Gasteiger partial charge is 0.490 e. The van der Waals surface area contributed by atoms with Crippen LogP contribution in [-0.2, 0) is 36.1 Å². The fourth-order valence-corrected chi connectivity index (χ4v) is 9.46. The van der Waals surface area contributed by atoms with Gasteiger partial charge in [-0.25, -0.2) is 13.1 Å². The normalized spacial score (nSPS) is 29.2. The summed E-state index contributed by atoms with van der Waals surface area (Å²) in [4.78, 5) is 16.0. The van der Waals surface area contributed by atoms with Crippen molar-refractivity contribution in [3.05, 3.63) is 58.1 Å². The van der Waals surface area contributed by atoms with Gasteiger partial charge in [0.05, 0.1) is 38.2 Å². The number of nitrogens with one attached hydrogen (secondary N) is 1. The zero-order chi connectivity index (χ0) is 34.5. The highest BCUT2D eigenvalue weighted by Crippen LogP contribution is 2.45. The van der Waals surface area contributed by atoms with Crippen molar-refractivity contribution >= 4 is 33.2 Å². The maximum atomic E-state index is 13.6. The molecule has 266 valence electrons. The number of aryl methyl sites for hydroxylation is 1. The minimum atomic E-state index is -4.02. The maximum absolute atomic E-state index is 13.6. The molecule has 0 radical (unpaired) electrons. The molecule has 2 aliphatic heterocycles. The summed E-state index contributed by atoms with van der Waals surface area (Å²) in [6.45, 7) is 9.40. The van der Waals surface area contributed by atoms with Crippen LogP contribution in [0.15, 0.2) is 36.4 Å². The van der Waals surface area contributed by atoms with Crippen LogP contribution in [0.3, 0.4) is 0 Å². The second-order valence-electron chi connectivity index (χ2n) is 14.3. The van der Waals surface area contributed by atoms with Crippen LogP contribution in [0, 0.1) is 17.8 Å². The lowest BCUT2D eigenvalue weighted by Crippen LogP contribution is -2.48. The Morgan fingerprint density at radius 3 is 2.58 bits per heavy atom. The molecule has 1 N–H and O–H groups in total. The van der Waals surface area contributed by atoms with Gasteiger partial charge in [-0.1, -0.05) is 44.9 Å². The van der Waals surface area contributed by atoms with Gasteiger partial charge in [0, 0.05) is 43.3 Å². The Balaban J connectivity index is 1.57. The lowest BCUT2D eigenvalue weighted by molar-refractivity contribution is -0.0617. The molecule has 2 bridgehead atoms. The number of anilines is 1. The number of benzene rings is 2. The standard InChI is InChI=1S/C37H53ClN2O7S/c1-6-7-26-19-29(38)11-13-32(26)37(3)23-40-21-28-9-12-31(28)34(46-17-16-44-4)14-8-25(2)18-30(22-45-5)48(42,43)39-36(41)27-10-15-35(47-24-37)33(40)20-27/h10-11,13,15,19-20,25,28,30-31,34H,6-9,12,14,16-18,21-24H2,1-5H3,(H,39,41)/t25-,28-,30-,31+,34-,37-/m0/s1. The van der Waals surface area contributed by atoms with Crippen LogP contribution in [0.2, 0.25) is 5.02 Å². The highest BCUT2D eigenvalue weighted by molar-refractivity contribution is 7.90. The Kier molecular flexibility index (Phi) is 12.4. The van der Waals surface area contributed by atoms with Crippen molar-refractivity contribution in [1.29, 1.82) is 0 Å². The number of rotatable bonds is 9. The van der Waals surface area contributed by atoms with Crippen molar-refractivity contribution in [2.45, 2.75) is 82.5 Å². The number of sulfonamides is 1. The molecule has 0 aromatic heterocycles. The fourth-order valence-electron chi connectivity index (χ4n) is 7.82. The molecule has 5 rings (SSSR count). The van der Waals surface area contributed by atoms with Crippen molar-refractivity contribution in [3.8, 4) is 5.75 Å². The van der Waals surface area contributed by atoms with Crippen LogP contribution in [-0.4, -0.2) is 79.4 Å². The molecule has 1 fully saturated rings. The lowest BCUT2D eigenvalue weighted by Gasteiger charge is -2.45. The van der Waals surface area contributed by atoms with Crippen LogP contribution in [0.4, 0.5) is 5.69 Å². The monoisotopic (exact) mass is 704 g/mol. The van der Waals surface area contributed by atoms with Crippen molar-refractivity contribution in [2.75, 3.05) is 58.6 Å². The molecule has 1 saturated carbocycles. The SMILES string of the molecule is CCCc1cc(Cl)ccc1[C@]1(C)COc2ccc3cc2N(C[C@@H]2CC[C@H]2[C@@H](OCCOC)CC[C@H](C)C[C@@H](COC)S(=O)(=O)NC3=O)C1. The zero-order valence-corrected chi connectivity index (χ0v) is 30.7. The predicted octanol–water partition coefficient (Wildman–Crippen LogP) is 6.40. The van der Waals surface area contributed by atoms with Gasteiger partial charge >= 0.3 is 0 Å². The smallest absolute Gasteiger partial charge is 0.264 e. The number of ether oxygens (including phenoxy) is 4. The highest BCUT2D eigenvalue weighted by Gasteiger charge is 2.42. The third-order valence-electron chi connectivity index (χ3n) is 10.5. The Bertz CT molecular complexity index is 1520. The summed E-state index contributed by atoms with van der Waals surface area (Å²) in [6, 6.07) is 11.4. The van der Waals surface area contributed by atoms with Gasteiger partial charge in [-0.15, -0.1) is 0 Å². The third kappa shape index (κ3) is 8.49. The van der Waals surface area contributed by atoms with Gasteiger partial charge in [-0.05, 0) is 97.7 Å². The first-order chi connectivity index (χ1) is 23.0. The van der Waals surface area contributed by atoms with Crippen molar-refractivity contribution < 1.29 is 32.2 Å². The van der Waals surface area contributed by atoms with E-state index in [-0.39, 0.29) is 29.6 Å².